The van der Waals surface area contributed by atoms with Gasteiger partial charge in [-0.1, -0.05) is 0 Å². The Kier molecular flexibility index (Phi) is 3.38. The van der Waals surface area contributed by atoms with E-state index in [2.05, 4.69) is 4.99 Å². The largest absolute Gasteiger partial charge is 0.471 e. The highest BCUT2D eigenvalue weighted by Gasteiger charge is 2.61. The minimum atomic E-state index is -1.96. The Morgan fingerprint density at radius 3 is 2.65 bits per heavy atom. The molecule has 124 valence electrons. The van der Waals surface area contributed by atoms with Gasteiger partial charge < -0.3 is 4.74 Å². The van der Waals surface area contributed by atoms with Gasteiger partial charge in [0.2, 0.25) is 0 Å². The number of benzene rings is 1. The molecule has 1 aromatic carbocycles. The van der Waals surface area contributed by atoms with Gasteiger partial charge in [-0.15, -0.1) is 0 Å². The van der Waals surface area contributed by atoms with Crippen LogP contribution < -0.4 is 0 Å². The molecule has 3 rings (SSSR count). The molecule has 1 heterocycles. The maximum Gasteiger partial charge on any atom is 0.270 e. The maximum absolute atomic E-state index is 15.0. The van der Waals surface area contributed by atoms with Crippen LogP contribution in [0.3, 0.4) is 0 Å². The first-order valence-corrected chi connectivity index (χ1v) is 7.18. The lowest BCUT2D eigenvalue weighted by atomic mass is 9.82. The molecule has 3 atom stereocenters. The Balaban J connectivity index is 2.11. The summed E-state index contributed by atoms with van der Waals surface area (Å²) in [5.41, 5.74) is -4.25. The van der Waals surface area contributed by atoms with Gasteiger partial charge in [0, 0.05) is 24.6 Å². The zero-order chi connectivity index (χ0) is 17.0. The fourth-order valence-corrected chi connectivity index (χ4v) is 2.95. The molecule has 0 bridgehead atoms. The fourth-order valence-electron chi connectivity index (χ4n) is 2.95. The molecule has 1 aliphatic heterocycles. The summed E-state index contributed by atoms with van der Waals surface area (Å²) in [6.07, 6.45) is -3.03. The van der Waals surface area contributed by atoms with Crippen LogP contribution in [0.15, 0.2) is 23.2 Å². The average molecular weight is 328 g/mol. The van der Waals surface area contributed by atoms with E-state index in [4.69, 9.17) is 4.74 Å². The van der Waals surface area contributed by atoms with Crippen molar-refractivity contribution in [1.29, 1.82) is 0 Å². The van der Waals surface area contributed by atoms with Gasteiger partial charge in [-0.25, -0.2) is 18.2 Å². The SMILES string of the molecule is CC1=N[C@](C)(c2cc([N+](=O)[O-])ccc2F)[C@@H](F)[C@@H](C2(F)CC2)O1. The highest BCUT2D eigenvalue weighted by molar-refractivity contribution is 5.75. The number of nitro groups is 1. The van der Waals surface area contributed by atoms with Crippen LogP contribution in [0, 0.1) is 15.9 Å². The first-order valence-electron chi connectivity index (χ1n) is 7.18. The minimum absolute atomic E-state index is 0.0289. The lowest BCUT2D eigenvalue weighted by Gasteiger charge is -2.40. The second-order valence-electron chi connectivity index (χ2n) is 6.17. The second kappa shape index (κ2) is 4.94. The number of ether oxygens (including phenoxy) is 1. The van der Waals surface area contributed by atoms with E-state index < -0.39 is 34.2 Å². The Bertz CT molecular complexity index is 705. The molecule has 1 aliphatic carbocycles. The van der Waals surface area contributed by atoms with Gasteiger partial charge in [0.05, 0.1) is 4.92 Å². The molecule has 0 aromatic heterocycles. The Labute approximate surface area is 130 Å². The molecule has 8 heteroatoms. The second-order valence-corrected chi connectivity index (χ2v) is 6.17. The lowest BCUT2D eigenvalue weighted by Crippen LogP contribution is -2.52. The number of hydrogen-bond acceptors (Lipinski definition) is 4. The first kappa shape index (κ1) is 15.8. The normalized spacial score (nSPS) is 32.0. The van der Waals surface area contributed by atoms with Crippen molar-refractivity contribution in [1.82, 2.24) is 0 Å². The summed E-state index contributed by atoms with van der Waals surface area (Å²) >= 11 is 0. The smallest absolute Gasteiger partial charge is 0.270 e. The zero-order valence-corrected chi connectivity index (χ0v) is 12.6. The lowest BCUT2D eigenvalue weighted by molar-refractivity contribution is -0.385. The summed E-state index contributed by atoms with van der Waals surface area (Å²) < 4.78 is 48.8. The molecule has 1 fully saturated rings. The van der Waals surface area contributed by atoms with Crippen molar-refractivity contribution < 1.29 is 22.8 Å². The third-order valence-corrected chi connectivity index (χ3v) is 4.43. The van der Waals surface area contributed by atoms with Crippen LogP contribution in [0.25, 0.3) is 0 Å². The van der Waals surface area contributed by atoms with Gasteiger partial charge in [0.25, 0.3) is 5.69 Å². The monoisotopic (exact) mass is 328 g/mol. The van der Waals surface area contributed by atoms with Crippen LogP contribution >= 0.6 is 0 Å². The molecule has 1 aromatic rings. The van der Waals surface area contributed by atoms with E-state index in [0.717, 1.165) is 18.2 Å². The number of non-ortho nitro benzene ring substituents is 1. The first-order chi connectivity index (χ1) is 10.7. The van der Waals surface area contributed by atoms with Crippen LogP contribution in [0.2, 0.25) is 0 Å². The molecule has 23 heavy (non-hydrogen) atoms. The molecule has 0 saturated heterocycles. The van der Waals surface area contributed by atoms with Crippen molar-refractivity contribution >= 4 is 11.6 Å². The van der Waals surface area contributed by atoms with Crippen molar-refractivity contribution in [3.05, 3.63) is 39.7 Å². The van der Waals surface area contributed by atoms with E-state index in [1.807, 2.05) is 0 Å². The number of hydrogen-bond donors (Lipinski definition) is 0. The number of alkyl halides is 2. The molecule has 0 spiro atoms. The van der Waals surface area contributed by atoms with Crippen LogP contribution in [0.4, 0.5) is 18.9 Å². The van der Waals surface area contributed by atoms with E-state index in [-0.39, 0.29) is 30.0 Å². The third-order valence-electron chi connectivity index (χ3n) is 4.43. The summed E-state index contributed by atoms with van der Waals surface area (Å²) in [7, 11) is 0. The summed E-state index contributed by atoms with van der Waals surface area (Å²) in [6.45, 7) is 2.72. The summed E-state index contributed by atoms with van der Waals surface area (Å²) in [6, 6.07) is 2.82. The van der Waals surface area contributed by atoms with Gasteiger partial charge >= 0.3 is 0 Å². The quantitative estimate of drug-likeness (QED) is 0.629. The summed E-state index contributed by atoms with van der Waals surface area (Å²) in [5.74, 6) is -0.803. The number of halogens is 3. The van der Waals surface area contributed by atoms with Gasteiger partial charge in [-0.3, -0.25) is 10.1 Å². The fraction of sp³-hybridized carbons (Fsp3) is 0.533. The highest BCUT2D eigenvalue weighted by Crippen LogP contribution is 2.51. The van der Waals surface area contributed by atoms with Crippen LogP contribution in [0.1, 0.15) is 32.3 Å². The zero-order valence-electron chi connectivity index (χ0n) is 12.6. The van der Waals surface area contributed by atoms with Crippen LogP contribution in [-0.4, -0.2) is 28.8 Å². The van der Waals surface area contributed by atoms with Gasteiger partial charge in [-0.2, -0.15) is 0 Å². The van der Waals surface area contributed by atoms with Gasteiger partial charge in [0.1, 0.15) is 11.4 Å². The standard InChI is InChI=1S/C15H15F3N2O3/c1-8-19-14(2,12(17)13(23-8)15(18)5-6-15)10-7-9(20(21)22)3-4-11(10)16/h3-4,7,12-13H,5-6H2,1-2H3/t12-,13-,14+/m0/s1. The van der Waals surface area contributed by atoms with Crippen LogP contribution in [-0.2, 0) is 10.3 Å². The van der Waals surface area contributed by atoms with Gasteiger partial charge in [-0.05, 0) is 25.8 Å². The van der Waals surface area contributed by atoms with Crippen molar-refractivity contribution in [3.63, 3.8) is 0 Å². The molecule has 0 unspecified atom stereocenters. The number of nitro benzene ring substituents is 1. The molecule has 1 saturated carbocycles. The maximum atomic E-state index is 15.0. The third kappa shape index (κ3) is 2.46. The van der Waals surface area contributed by atoms with E-state index in [0.29, 0.717) is 0 Å². The molecular weight excluding hydrogens is 313 g/mol. The Morgan fingerprint density at radius 2 is 2.09 bits per heavy atom. The number of rotatable bonds is 3. The molecule has 0 N–H and O–H groups in total. The molecule has 0 radical (unpaired) electrons. The molecule has 2 aliphatic rings. The highest BCUT2D eigenvalue weighted by atomic mass is 19.2. The predicted octanol–water partition coefficient (Wildman–Crippen LogP) is 3.61. The van der Waals surface area contributed by atoms with E-state index in [9.17, 15) is 23.3 Å². The predicted molar refractivity (Wildman–Crippen MR) is 76.4 cm³/mol. The van der Waals surface area contributed by atoms with E-state index in [1.165, 1.54) is 13.8 Å². The minimum Gasteiger partial charge on any atom is -0.471 e. The summed E-state index contributed by atoms with van der Waals surface area (Å²) in [5, 5.41) is 10.9. The van der Waals surface area contributed by atoms with Crippen molar-refractivity contribution in [2.45, 2.75) is 50.2 Å². The van der Waals surface area contributed by atoms with E-state index in [1.54, 1.807) is 0 Å². The Hall–Kier alpha value is -2.12. The van der Waals surface area contributed by atoms with Crippen molar-refractivity contribution in [3.8, 4) is 0 Å². The molecular formula is C15H15F3N2O3. The van der Waals surface area contributed by atoms with Crippen molar-refractivity contribution in [2.24, 2.45) is 4.99 Å². The number of aliphatic imine (C=N–C) groups is 1. The van der Waals surface area contributed by atoms with Crippen LogP contribution in [0.5, 0.6) is 0 Å². The molecule has 0 amide bonds. The average Bonchev–Trinajstić information content (AvgIpc) is 3.21. The van der Waals surface area contributed by atoms with Crippen molar-refractivity contribution in [2.75, 3.05) is 0 Å². The Morgan fingerprint density at radius 1 is 1.43 bits per heavy atom. The topological polar surface area (TPSA) is 64.7 Å². The number of nitrogens with zero attached hydrogens (tertiary/aromatic N) is 2. The summed E-state index contributed by atoms with van der Waals surface area (Å²) in [4.78, 5) is 14.2. The van der Waals surface area contributed by atoms with Gasteiger partial charge in [0.15, 0.2) is 23.8 Å². The molecule has 5 nitrogen and oxygen atoms in total. The van der Waals surface area contributed by atoms with E-state index >= 15 is 0 Å².